The molecule has 0 aromatic heterocycles. The molecule has 0 amide bonds. The fourth-order valence-electron chi connectivity index (χ4n) is 1.48. The van der Waals surface area contributed by atoms with Crippen molar-refractivity contribution in [2.75, 3.05) is 6.61 Å². The average Bonchev–Trinajstić information content (AvgIpc) is 2.34. The van der Waals surface area contributed by atoms with Crippen molar-refractivity contribution >= 4 is 16.2 Å². The van der Waals surface area contributed by atoms with Gasteiger partial charge in [0.15, 0.2) is 0 Å². The van der Waals surface area contributed by atoms with E-state index in [1.165, 1.54) is 12.1 Å². The Bertz CT molecular complexity index is 508. The number of rotatable bonds is 8. The van der Waals surface area contributed by atoms with Gasteiger partial charge in [-0.1, -0.05) is 24.1 Å². The fraction of sp³-hybridized carbons (Fsp3) is 0.462. The lowest BCUT2D eigenvalue weighted by Crippen LogP contribution is -2.07. The molecule has 0 N–H and O–H groups in total. The largest absolute Gasteiger partial charge is 0.301 e. The standard InChI is InChI=1S/C13H17FO4S/c1-11-6-8-12(9-7-11)19(16,17)18-10-4-2-3-5-13(14)15/h6-9H,2-5,10H2,1H3. The second kappa shape index (κ2) is 7.35. The normalized spacial score (nSPS) is 11.5. The summed E-state index contributed by atoms with van der Waals surface area (Å²) in [4.78, 5) is 10.2. The van der Waals surface area contributed by atoms with Crippen LogP contribution in [0.3, 0.4) is 0 Å². The Morgan fingerprint density at radius 2 is 1.79 bits per heavy atom. The van der Waals surface area contributed by atoms with Gasteiger partial charge in [-0.15, -0.1) is 0 Å². The Kier molecular flexibility index (Phi) is 6.11. The summed E-state index contributed by atoms with van der Waals surface area (Å²) in [6.45, 7) is 1.90. The first-order valence-electron chi connectivity index (χ1n) is 6.06. The summed E-state index contributed by atoms with van der Waals surface area (Å²) in [6.07, 6.45) is 1.31. The van der Waals surface area contributed by atoms with Crippen LogP contribution in [0.2, 0.25) is 0 Å². The van der Waals surface area contributed by atoms with Gasteiger partial charge in [0.05, 0.1) is 11.5 Å². The summed E-state index contributed by atoms with van der Waals surface area (Å²) in [5, 5.41) is 0. The van der Waals surface area contributed by atoms with Crippen molar-refractivity contribution in [1.82, 2.24) is 0 Å². The molecule has 0 aliphatic heterocycles. The van der Waals surface area contributed by atoms with Crippen LogP contribution in [0.15, 0.2) is 29.2 Å². The minimum atomic E-state index is -3.72. The highest BCUT2D eigenvalue weighted by atomic mass is 32.2. The summed E-state index contributed by atoms with van der Waals surface area (Å²) < 4.78 is 40.2. The topological polar surface area (TPSA) is 60.4 Å². The van der Waals surface area contributed by atoms with Crippen LogP contribution < -0.4 is 0 Å². The van der Waals surface area contributed by atoms with Gasteiger partial charge in [0, 0.05) is 6.42 Å². The van der Waals surface area contributed by atoms with Gasteiger partial charge in [0.25, 0.3) is 10.1 Å². The Labute approximate surface area is 112 Å². The van der Waals surface area contributed by atoms with Gasteiger partial charge in [-0.05, 0) is 31.9 Å². The molecule has 4 nitrogen and oxygen atoms in total. The molecule has 0 saturated heterocycles. The summed E-state index contributed by atoms with van der Waals surface area (Å²) in [5.41, 5.74) is 0.967. The highest BCUT2D eigenvalue weighted by molar-refractivity contribution is 7.86. The fourth-order valence-corrected chi connectivity index (χ4v) is 2.43. The molecule has 0 bridgehead atoms. The second-order valence-corrected chi connectivity index (χ2v) is 5.87. The van der Waals surface area contributed by atoms with Crippen molar-refractivity contribution in [3.05, 3.63) is 29.8 Å². The molecule has 0 saturated carbocycles. The predicted molar refractivity (Wildman–Crippen MR) is 68.9 cm³/mol. The number of hydrogen-bond acceptors (Lipinski definition) is 4. The molecule has 0 aliphatic carbocycles. The average molecular weight is 288 g/mol. The zero-order chi connectivity index (χ0) is 14.3. The van der Waals surface area contributed by atoms with E-state index in [2.05, 4.69) is 0 Å². The van der Waals surface area contributed by atoms with Crippen molar-refractivity contribution in [2.24, 2.45) is 0 Å². The van der Waals surface area contributed by atoms with Gasteiger partial charge >= 0.3 is 6.04 Å². The van der Waals surface area contributed by atoms with E-state index in [4.69, 9.17) is 4.18 Å². The second-order valence-electron chi connectivity index (χ2n) is 4.25. The third-order valence-electron chi connectivity index (χ3n) is 2.57. The monoisotopic (exact) mass is 288 g/mol. The first-order chi connectivity index (χ1) is 8.92. The van der Waals surface area contributed by atoms with E-state index >= 15 is 0 Å². The molecule has 0 spiro atoms. The maximum absolute atomic E-state index is 11.9. The SMILES string of the molecule is Cc1ccc(S(=O)(=O)OCCCCCC(=O)F)cc1. The third kappa shape index (κ3) is 5.94. The molecular weight excluding hydrogens is 271 g/mol. The highest BCUT2D eigenvalue weighted by Gasteiger charge is 2.14. The number of benzene rings is 1. The number of carbonyl (C=O) groups is 1. The summed E-state index contributed by atoms with van der Waals surface area (Å²) >= 11 is 0. The van der Waals surface area contributed by atoms with Crippen LogP contribution in [0.1, 0.15) is 31.2 Å². The molecule has 0 unspecified atom stereocenters. The highest BCUT2D eigenvalue weighted by Crippen LogP contribution is 2.14. The molecule has 106 valence electrons. The predicted octanol–water partition coefficient (Wildman–Crippen LogP) is 2.76. The van der Waals surface area contributed by atoms with Crippen LogP contribution in [0.4, 0.5) is 4.39 Å². The zero-order valence-electron chi connectivity index (χ0n) is 10.8. The molecule has 0 atom stereocenters. The summed E-state index contributed by atoms with van der Waals surface area (Å²) in [7, 11) is -3.72. The molecule has 0 heterocycles. The van der Waals surface area contributed by atoms with E-state index in [0.717, 1.165) is 5.56 Å². The maximum atomic E-state index is 11.9. The van der Waals surface area contributed by atoms with E-state index in [9.17, 15) is 17.6 Å². The molecule has 0 aliphatic rings. The Hall–Kier alpha value is -1.27. The first kappa shape index (κ1) is 15.8. The Balaban J connectivity index is 2.35. The number of aryl methyl sites for hydroxylation is 1. The van der Waals surface area contributed by atoms with E-state index in [0.29, 0.717) is 19.3 Å². The van der Waals surface area contributed by atoms with Crippen LogP contribution in [-0.4, -0.2) is 21.1 Å². The van der Waals surface area contributed by atoms with Gasteiger partial charge < -0.3 is 0 Å². The Morgan fingerprint density at radius 3 is 2.37 bits per heavy atom. The van der Waals surface area contributed by atoms with E-state index < -0.39 is 16.2 Å². The minimum Gasteiger partial charge on any atom is -0.266 e. The number of halogens is 1. The number of carbonyl (C=O) groups excluding carboxylic acids is 1. The van der Waals surface area contributed by atoms with Crippen molar-refractivity contribution < 1.29 is 21.8 Å². The summed E-state index contributed by atoms with van der Waals surface area (Å²) in [5.74, 6) is 0. The maximum Gasteiger partial charge on any atom is 0.301 e. The first-order valence-corrected chi connectivity index (χ1v) is 7.47. The van der Waals surface area contributed by atoms with Gasteiger partial charge in [-0.2, -0.15) is 12.8 Å². The number of hydrogen-bond donors (Lipinski definition) is 0. The van der Waals surface area contributed by atoms with E-state index in [1.807, 2.05) is 6.92 Å². The lowest BCUT2D eigenvalue weighted by molar-refractivity contribution is -0.129. The summed E-state index contributed by atoms with van der Waals surface area (Å²) in [6, 6.07) is 5.04. The quantitative estimate of drug-likeness (QED) is 0.419. The van der Waals surface area contributed by atoms with Crippen LogP contribution in [-0.2, 0) is 19.1 Å². The third-order valence-corrected chi connectivity index (χ3v) is 3.89. The lowest BCUT2D eigenvalue weighted by atomic mass is 10.2. The number of unbranched alkanes of at least 4 members (excludes halogenated alkanes) is 2. The van der Waals surface area contributed by atoms with Crippen LogP contribution in [0, 0.1) is 6.92 Å². The Morgan fingerprint density at radius 1 is 1.16 bits per heavy atom. The van der Waals surface area contributed by atoms with E-state index in [-0.39, 0.29) is 17.9 Å². The molecule has 0 radical (unpaired) electrons. The zero-order valence-corrected chi connectivity index (χ0v) is 11.6. The van der Waals surface area contributed by atoms with Crippen molar-refractivity contribution in [3.63, 3.8) is 0 Å². The van der Waals surface area contributed by atoms with Gasteiger partial charge in [0.2, 0.25) is 0 Å². The van der Waals surface area contributed by atoms with Crippen molar-refractivity contribution in [1.29, 1.82) is 0 Å². The van der Waals surface area contributed by atoms with Gasteiger partial charge in [-0.3, -0.25) is 8.98 Å². The minimum absolute atomic E-state index is 0.0384. The van der Waals surface area contributed by atoms with Crippen LogP contribution in [0.25, 0.3) is 0 Å². The molecule has 1 aromatic carbocycles. The molecule has 1 rings (SSSR count). The van der Waals surface area contributed by atoms with Crippen LogP contribution in [0.5, 0.6) is 0 Å². The molecule has 1 aromatic rings. The van der Waals surface area contributed by atoms with Gasteiger partial charge in [-0.25, -0.2) is 0 Å². The molecule has 19 heavy (non-hydrogen) atoms. The molecule has 6 heteroatoms. The van der Waals surface area contributed by atoms with Crippen molar-refractivity contribution in [2.45, 2.75) is 37.5 Å². The van der Waals surface area contributed by atoms with E-state index in [1.54, 1.807) is 12.1 Å². The van der Waals surface area contributed by atoms with Crippen LogP contribution >= 0.6 is 0 Å². The lowest BCUT2D eigenvalue weighted by Gasteiger charge is -2.05. The smallest absolute Gasteiger partial charge is 0.266 e. The molecular formula is C13H17FO4S. The van der Waals surface area contributed by atoms with Crippen molar-refractivity contribution in [3.8, 4) is 0 Å². The van der Waals surface area contributed by atoms with Gasteiger partial charge in [0.1, 0.15) is 0 Å². The molecule has 0 fully saturated rings.